The Kier molecular flexibility index (Phi) is 3.58. The first kappa shape index (κ1) is 13.3. The van der Waals surface area contributed by atoms with E-state index in [2.05, 4.69) is 4.98 Å². The molecular weight excluding hydrogens is 274 g/mol. The van der Waals surface area contributed by atoms with Gasteiger partial charge in [0.05, 0.1) is 6.26 Å². The van der Waals surface area contributed by atoms with E-state index >= 15 is 0 Å². The Morgan fingerprint density at radius 1 is 1.65 bits per heavy atom. The topological polar surface area (TPSA) is 72.4 Å². The second-order valence-corrected chi connectivity index (χ2v) is 6.13. The summed E-state index contributed by atoms with van der Waals surface area (Å²) < 4.78 is 5.34. The number of hydrogen-bond acceptors (Lipinski definition) is 5. The molecule has 3 heterocycles. The number of furan rings is 1. The molecule has 0 radical (unpaired) electrons. The SMILES string of the molecule is Cc1sc(-c2ccco2)nc1C(=O)N1CCCC1CN. The normalized spacial score (nSPS) is 18.7. The van der Waals surface area contributed by atoms with Crippen molar-refractivity contribution in [3.63, 3.8) is 0 Å². The van der Waals surface area contributed by atoms with E-state index in [0.29, 0.717) is 18.0 Å². The number of likely N-dealkylation sites (tertiary alicyclic amines) is 1. The highest BCUT2D eigenvalue weighted by Gasteiger charge is 2.31. The first-order chi connectivity index (χ1) is 9.70. The number of nitrogens with two attached hydrogens (primary N) is 1. The van der Waals surface area contributed by atoms with Crippen LogP contribution in [-0.2, 0) is 0 Å². The maximum atomic E-state index is 12.6. The zero-order chi connectivity index (χ0) is 14.1. The molecule has 1 aliphatic rings. The predicted octanol–water partition coefficient (Wildman–Crippen LogP) is 2.27. The van der Waals surface area contributed by atoms with Gasteiger partial charge in [-0.25, -0.2) is 4.98 Å². The Bertz CT molecular complexity index is 606. The molecule has 0 bridgehead atoms. The van der Waals surface area contributed by atoms with Gasteiger partial charge in [-0.05, 0) is 31.9 Å². The van der Waals surface area contributed by atoms with Gasteiger partial charge in [-0.1, -0.05) is 0 Å². The summed E-state index contributed by atoms with van der Waals surface area (Å²) in [5.41, 5.74) is 6.26. The molecule has 0 aromatic carbocycles. The van der Waals surface area contributed by atoms with Crippen LogP contribution in [0, 0.1) is 6.92 Å². The van der Waals surface area contributed by atoms with Crippen molar-refractivity contribution in [2.45, 2.75) is 25.8 Å². The van der Waals surface area contributed by atoms with Gasteiger partial charge in [0.2, 0.25) is 0 Å². The van der Waals surface area contributed by atoms with Gasteiger partial charge in [-0.3, -0.25) is 4.79 Å². The Morgan fingerprint density at radius 3 is 3.20 bits per heavy atom. The zero-order valence-electron chi connectivity index (χ0n) is 11.3. The van der Waals surface area contributed by atoms with Crippen molar-refractivity contribution in [1.82, 2.24) is 9.88 Å². The van der Waals surface area contributed by atoms with Gasteiger partial charge < -0.3 is 15.1 Å². The number of nitrogens with zero attached hydrogens (tertiary/aromatic N) is 2. The summed E-state index contributed by atoms with van der Waals surface area (Å²) in [6.45, 7) is 3.21. The highest BCUT2D eigenvalue weighted by Crippen LogP contribution is 2.29. The van der Waals surface area contributed by atoms with E-state index in [1.807, 2.05) is 24.0 Å². The van der Waals surface area contributed by atoms with E-state index < -0.39 is 0 Å². The number of rotatable bonds is 3. The summed E-state index contributed by atoms with van der Waals surface area (Å²) in [5.74, 6) is 0.693. The van der Waals surface area contributed by atoms with E-state index in [-0.39, 0.29) is 11.9 Å². The van der Waals surface area contributed by atoms with Crippen LogP contribution < -0.4 is 5.73 Å². The molecule has 2 aromatic rings. The lowest BCUT2D eigenvalue weighted by Crippen LogP contribution is -2.40. The lowest BCUT2D eigenvalue weighted by Gasteiger charge is -2.22. The summed E-state index contributed by atoms with van der Waals surface area (Å²) in [5, 5.41) is 0.749. The number of carbonyl (C=O) groups excluding carboxylic acids is 1. The summed E-state index contributed by atoms with van der Waals surface area (Å²) in [6.07, 6.45) is 3.61. The fourth-order valence-corrected chi connectivity index (χ4v) is 3.46. The minimum atomic E-state index is -0.00972. The van der Waals surface area contributed by atoms with Crippen LogP contribution in [0.15, 0.2) is 22.8 Å². The molecule has 3 rings (SSSR count). The Labute approximate surface area is 121 Å². The first-order valence-electron chi connectivity index (χ1n) is 6.73. The van der Waals surface area contributed by atoms with Crippen LogP contribution in [-0.4, -0.2) is 34.9 Å². The number of aromatic nitrogens is 1. The first-order valence-corrected chi connectivity index (χ1v) is 7.54. The van der Waals surface area contributed by atoms with Gasteiger partial charge in [-0.15, -0.1) is 11.3 Å². The summed E-state index contributed by atoms with van der Waals surface area (Å²) >= 11 is 1.48. The van der Waals surface area contributed by atoms with Crippen LogP contribution in [0.25, 0.3) is 10.8 Å². The third-order valence-electron chi connectivity index (χ3n) is 3.64. The molecule has 5 nitrogen and oxygen atoms in total. The predicted molar refractivity (Wildman–Crippen MR) is 77.7 cm³/mol. The van der Waals surface area contributed by atoms with Crippen molar-refractivity contribution >= 4 is 17.2 Å². The molecule has 1 aliphatic heterocycles. The monoisotopic (exact) mass is 291 g/mol. The number of aryl methyl sites for hydroxylation is 1. The van der Waals surface area contributed by atoms with E-state index in [1.165, 1.54) is 11.3 Å². The number of thiazole rings is 1. The molecular formula is C14H17N3O2S. The van der Waals surface area contributed by atoms with Crippen molar-refractivity contribution in [3.8, 4) is 10.8 Å². The van der Waals surface area contributed by atoms with Gasteiger partial charge in [0, 0.05) is 24.0 Å². The van der Waals surface area contributed by atoms with Gasteiger partial charge in [0.1, 0.15) is 5.69 Å². The molecule has 2 aromatic heterocycles. The molecule has 2 N–H and O–H groups in total. The van der Waals surface area contributed by atoms with Crippen molar-refractivity contribution in [2.75, 3.05) is 13.1 Å². The average Bonchev–Trinajstić information content (AvgIpc) is 3.17. The summed E-state index contributed by atoms with van der Waals surface area (Å²) in [4.78, 5) is 19.8. The molecule has 0 spiro atoms. The summed E-state index contributed by atoms with van der Waals surface area (Å²) in [6, 6.07) is 3.82. The molecule has 0 saturated carbocycles. The Hall–Kier alpha value is -1.66. The molecule has 1 amide bonds. The maximum Gasteiger partial charge on any atom is 0.273 e. The third-order valence-corrected chi connectivity index (χ3v) is 4.63. The second-order valence-electron chi connectivity index (χ2n) is 4.93. The largest absolute Gasteiger partial charge is 0.462 e. The average molecular weight is 291 g/mol. The number of carbonyl (C=O) groups is 1. The fourth-order valence-electron chi connectivity index (χ4n) is 2.58. The van der Waals surface area contributed by atoms with E-state index in [4.69, 9.17) is 10.2 Å². The number of amides is 1. The zero-order valence-corrected chi connectivity index (χ0v) is 12.2. The summed E-state index contributed by atoms with van der Waals surface area (Å²) in [7, 11) is 0. The quantitative estimate of drug-likeness (QED) is 0.941. The minimum absolute atomic E-state index is 0.00972. The van der Waals surface area contributed by atoms with Crippen molar-refractivity contribution in [3.05, 3.63) is 29.0 Å². The Morgan fingerprint density at radius 2 is 2.50 bits per heavy atom. The van der Waals surface area contributed by atoms with Crippen molar-refractivity contribution in [2.24, 2.45) is 5.73 Å². The van der Waals surface area contributed by atoms with Crippen LogP contribution >= 0.6 is 11.3 Å². The fraction of sp³-hybridized carbons (Fsp3) is 0.429. The van der Waals surface area contributed by atoms with Gasteiger partial charge in [0.25, 0.3) is 5.91 Å². The maximum absolute atomic E-state index is 12.6. The molecule has 0 aliphatic carbocycles. The smallest absolute Gasteiger partial charge is 0.273 e. The highest BCUT2D eigenvalue weighted by atomic mass is 32.1. The van der Waals surface area contributed by atoms with Crippen LogP contribution in [0.2, 0.25) is 0 Å². The van der Waals surface area contributed by atoms with E-state index in [0.717, 1.165) is 29.3 Å². The van der Waals surface area contributed by atoms with E-state index in [9.17, 15) is 4.79 Å². The lowest BCUT2D eigenvalue weighted by molar-refractivity contribution is 0.0735. The molecule has 6 heteroatoms. The molecule has 1 unspecified atom stereocenters. The standard InChI is InChI=1S/C14H17N3O2S/c1-9-12(14(18)17-6-2-4-10(17)8-15)16-13(20-9)11-5-3-7-19-11/h3,5,7,10H,2,4,6,8,15H2,1H3. The molecule has 20 heavy (non-hydrogen) atoms. The van der Waals surface area contributed by atoms with Crippen molar-refractivity contribution < 1.29 is 9.21 Å². The van der Waals surface area contributed by atoms with Crippen molar-refractivity contribution in [1.29, 1.82) is 0 Å². The van der Waals surface area contributed by atoms with Crippen LogP contribution in [0.5, 0.6) is 0 Å². The number of hydrogen-bond donors (Lipinski definition) is 1. The van der Waals surface area contributed by atoms with E-state index in [1.54, 1.807) is 6.26 Å². The second kappa shape index (κ2) is 5.38. The van der Waals surface area contributed by atoms with Crippen LogP contribution in [0.4, 0.5) is 0 Å². The van der Waals surface area contributed by atoms with Crippen LogP contribution in [0.1, 0.15) is 28.2 Å². The van der Waals surface area contributed by atoms with Gasteiger partial charge >= 0.3 is 0 Å². The highest BCUT2D eigenvalue weighted by molar-refractivity contribution is 7.15. The Balaban J connectivity index is 1.89. The molecule has 1 atom stereocenters. The third kappa shape index (κ3) is 2.25. The molecule has 1 saturated heterocycles. The molecule has 106 valence electrons. The minimum Gasteiger partial charge on any atom is -0.462 e. The van der Waals surface area contributed by atoms with Gasteiger partial charge in [0.15, 0.2) is 10.8 Å². The molecule has 1 fully saturated rings. The lowest BCUT2D eigenvalue weighted by atomic mass is 10.2. The van der Waals surface area contributed by atoms with Gasteiger partial charge in [-0.2, -0.15) is 0 Å². The van der Waals surface area contributed by atoms with Crippen LogP contribution in [0.3, 0.4) is 0 Å².